The van der Waals surface area contributed by atoms with Crippen molar-refractivity contribution in [1.29, 1.82) is 0 Å². The number of aryl methyl sites for hydroxylation is 1. The summed E-state index contributed by atoms with van der Waals surface area (Å²) >= 11 is 0. The Morgan fingerprint density at radius 3 is 2.65 bits per heavy atom. The van der Waals surface area contributed by atoms with Crippen molar-refractivity contribution in [2.45, 2.75) is 45.0 Å². The lowest BCUT2D eigenvalue weighted by molar-refractivity contribution is -0.0411. The lowest BCUT2D eigenvalue weighted by Crippen LogP contribution is -2.23. The lowest BCUT2D eigenvalue weighted by atomic mass is 9.86. The molecule has 3 heteroatoms. The van der Waals surface area contributed by atoms with Crippen LogP contribution in [0.15, 0.2) is 36.4 Å². The Morgan fingerprint density at radius 2 is 1.95 bits per heavy atom. The van der Waals surface area contributed by atoms with Gasteiger partial charge in [0.15, 0.2) is 0 Å². The maximum Gasteiger partial charge on any atom is 0.248 e. The molecular formula is C17H22F2O. The van der Waals surface area contributed by atoms with Gasteiger partial charge in [-0.25, -0.2) is 8.78 Å². The average molecular weight is 280 g/mol. The predicted octanol–water partition coefficient (Wildman–Crippen LogP) is 5.15. The van der Waals surface area contributed by atoms with Crippen LogP contribution in [0.25, 0.3) is 0 Å². The summed E-state index contributed by atoms with van der Waals surface area (Å²) in [4.78, 5) is 0. The van der Waals surface area contributed by atoms with Crippen LogP contribution in [0.3, 0.4) is 0 Å². The molecule has 1 aromatic rings. The fourth-order valence-electron chi connectivity index (χ4n) is 2.50. The third-order valence-electron chi connectivity index (χ3n) is 3.81. The Labute approximate surface area is 119 Å². The lowest BCUT2D eigenvalue weighted by Gasteiger charge is -2.26. The summed E-state index contributed by atoms with van der Waals surface area (Å²) in [5.74, 6) is -1.20. The fraction of sp³-hybridized carbons (Fsp3) is 0.529. The highest BCUT2D eigenvalue weighted by atomic mass is 19.3. The molecule has 1 saturated carbocycles. The summed E-state index contributed by atoms with van der Waals surface area (Å²) in [6.45, 7) is 2.65. The molecule has 0 saturated heterocycles. The van der Waals surface area contributed by atoms with Crippen molar-refractivity contribution in [3.63, 3.8) is 0 Å². The molecule has 0 heterocycles. The minimum absolute atomic E-state index is 0.0295. The van der Waals surface area contributed by atoms with E-state index in [1.54, 1.807) is 0 Å². The molecule has 1 fully saturated rings. The summed E-state index contributed by atoms with van der Waals surface area (Å²) in [6.07, 6.45) is 6.22. The number of hydrogen-bond donors (Lipinski definition) is 0. The van der Waals surface area contributed by atoms with Crippen molar-refractivity contribution in [1.82, 2.24) is 0 Å². The molecule has 110 valence electrons. The highest BCUT2D eigenvalue weighted by molar-refractivity contribution is 5.31. The van der Waals surface area contributed by atoms with Crippen LogP contribution in [0.1, 0.15) is 37.7 Å². The first-order chi connectivity index (χ1) is 9.57. The van der Waals surface area contributed by atoms with Gasteiger partial charge in [0.2, 0.25) is 5.92 Å². The van der Waals surface area contributed by atoms with E-state index >= 15 is 0 Å². The fourth-order valence-corrected chi connectivity index (χ4v) is 2.50. The van der Waals surface area contributed by atoms with Gasteiger partial charge in [-0.1, -0.05) is 30.4 Å². The number of benzene rings is 1. The normalized spacial score (nSPS) is 19.4. The second-order valence-electron chi connectivity index (χ2n) is 5.52. The smallest absolute Gasteiger partial charge is 0.248 e. The summed E-state index contributed by atoms with van der Waals surface area (Å²) in [5, 5.41) is 0. The van der Waals surface area contributed by atoms with Gasteiger partial charge in [0.1, 0.15) is 5.75 Å². The Kier molecular flexibility index (Phi) is 5.16. The van der Waals surface area contributed by atoms with Crippen molar-refractivity contribution in [3.8, 4) is 5.75 Å². The average Bonchev–Trinajstić information content (AvgIpc) is 2.42. The molecule has 0 aliphatic heterocycles. The van der Waals surface area contributed by atoms with E-state index in [1.807, 2.05) is 31.2 Å². The van der Waals surface area contributed by atoms with Gasteiger partial charge in [0.25, 0.3) is 0 Å². The van der Waals surface area contributed by atoms with Crippen LogP contribution < -0.4 is 4.74 Å². The van der Waals surface area contributed by atoms with Crippen LogP contribution in [-0.2, 0) is 0 Å². The quantitative estimate of drug-likeness (QED) is 0.535. The Bertz CT molecular complexity index is 444. The van der Waals surface area contributed by atoms with Crippen LogP contribution in [-0.4, -0.2) is 12.5 Å². The Morgan fingerprint density at radius 1 is 1.25 bits per heavy atom. The number of allylic oxidation sites excluding steroid dienone is 1. The predicted molar refractivity (Wildman–Crippen MR) is 77.3 cm³/mol. The topological polar surface area (TPSA) is 9.23 Å². The van der Waals surface area contributed by atoms with Crippen LogP contribution in [0.5, 0.6) is 5.75 Å². The molecule has 1 nitrogen and oxygen atoms in total. The zero-order chi connectivity index (χ0) is 14.4. The standard InChI is InChI=1S/C17H22F2O/c1-14-6-2-3-8-16(14)20-13-5-4-7-15-9-11-17(18,19)12-10-15/h2-4,6-8,15H,5,9-13H2,1H3/b7-4+. The molecule has 0 amide bonds. The molecule has 0 aromatic heterocycles. The number of halogens is 2. The SMILES string of the molecule is Cc1ccccc1OCC/C=C/C1CCC(F)(F)CC1. The van der Waals surface area contributed by atoms with Gasteiger partial charge in [-0.15, -0.1) is 0 Å². The molecule has 0 N–H and O–H groups in total. The van der Waals surface area contributed by atoms with E-state index in [9.17, 15) is 8.78 Å². The first-order valence-electron chi connectivity index (χ1n) is 7.30. The van der Waals surface area contributed by atoms with Gasteiger partial charge in [-0.05, 0) is 43.7 Å². The Hall–Kier alpha value is -1.38. The van der Waals surface area contributed by atoms with E-state index in [1.165, 1.54) is 0 Å². The summed E-state index contributed by atoms with van der Waals surface area (Å²) in [5.41, 5.74) is 1.13. The highest BCUT2D eigenvalue weighted by Crippen LogP contribution is 2.36. The highest BCUT2D eigenvalue weighted by Gasteiger charge is 2.33. The van der Waals surface area contributed by atoms with Crippen molar-refractivity contribution < 1.29 is 13.5 Å². The minimum Gasteiger partial charge on any atom is -0.493 e. The molecule has 2 rings (SSSR count). The van der Waals surface area contributed by atoms with Gasteiger partial charge < -0.3 is 4.74 Å². The minimum atomic E-state index is -2.43. The van der Waals surface area contributed by atoms with Crippen LogP contribution in [0, 0.1) is 12.8 Å². The molecule has 1 aliphatic carbocycles. The van der Waals surface area contributed by atoms with Crippen LogP contribution in [0.2, 0.25) is 0 Å². The van der Waals surface area contributed by atoms with E-state index in [0.29, 0.717) is 25.4 Å². The van der Waals surface area contributed by atoms with Gasteiger partial charge in [0.05, 0.1) is 6.61 Å². The van der Waals surface area contributed by atoms with Gasteiger partial charge in [0, 0.05) is 12.8 Å². The van der Waals surface area contributed by atoms with Crippen molar-refractivity contribution in [2.24, 2.45) is 5.92 Å². The van der Waals surface area contributed by atoms with E-state index in [-0.39, 0.29) is 12.8 Å². The molecule has 0 spiro atoms. The third-order valence-corrected chi connectivity index (χ3v) is 3.81. The summed E-state index contributed by atoms with van der Waals surface area (Å²) in [7, 11) is 0. The van der Waals surface area contributed by atoms with Crippen molar-refractivity contribution in [3.05, 3.63) is 42.0 Å². The first-order valence-corrected chi connectivity index (χ1v) is 7.30. The number of hydrogen-bond acceptors (Lipinski definition) is 1. The molecule has 0 bridgehead atoms. The van der Waals surface area contributed by atoms with Crippen LogP contribution >= 0.6 is 0 Å². The van der Waals surface area contributed by atoms with Crippen molar-refractivity contribution >= 4 is 0 Å². The molecular weight excluding hydrogens is 258 g/mol. The van der Waals surface area contributed by atoms with E-state index in [0.717, 1.165) is 17.7 Å². The van der Waals surface area contributed by atoms with Gasteiger partial charge in [-0.3, -0.25) is 0 Å². The zero-order valence-electron chi connectivity index (χ0n) is 11.9. The van der Waals surface area contributed by atoms with Crippen molar-refractivity contribution in [2.75, 3.05) is 6.61 Å². The monoisotopic (exact) mass is 280 g/mol. The maximum atomic E-state index is 13.0. The first kappa shape index (κ1) is 15.0. The van der Waals surface area contributed by atoms with E-state index in [4.69, 9.17) is 4.74 Å². The number of para-hydroxylation sites is 1. The molecule has 0 unspecified atom stereocenters. The van der Waals surface area contributed by atoms with E-state index < -0.39 is 5.92 Å². The summed E-state index contributed by atoms with van der Waals surface area (Å²) < 4.78 is 31.7. The molecule has 1 aromatic carbocycles. The summed E-state index contributed by atoms with van der Waals surface area (Å²) in [6, 6.07) is 7.93. The number of ether oxygens (including phenoxy) is 1. The third kappa shape index (κ3) is 4.62. The second-order valence-corrected chi connectivity index (χ2v) is 5.52. The molecule has 0 radical (unpaired) electrons. The Balaban J connectivity index is 1.66. The van der Waals surface area contributed by atoms with Gasteiger partial charge in [-0.2, -0.15) is 0 Å². The molecule has 20 heavy (non-hydrogen) atoms. The largest absolute Gasteiger partial charge is 0.493 e. The van der Waals surface area contributed by atoms with Gasteiger partial charge >= 0.3 is 0 Å². The maximum absolute atomic E-state index is 13.0. The zero-order valence-corrected chi connectivity index (χ0v) is 11.9. The molecule has 0 atom stereocenters. The molecule has 1 aliphatic rings. The number of alkyl halides is 2. The number of rotatable bonds is 5. The van der Waals surface area contributed by atoms with E-state index in [2.05, 4.69) is 12.2 Å². The van der Waals surface area contributed by atoms with Crippen LogP contribution in [0.4, 0.5) is 8.78 Å². The second kappa shape index (κ2) is 6.87.